The molecule has 3 nitrogen and oxygen atoms in total. The van der Waals surface area contributed by atoms with Gasteiger partial charge in [0.1, 0.15) is 0 Å². The Kier molecular flexibility index (Phi) is 2.68. The molecule has 0 fully saturated rings. The van der Waals surface area contributed by atoms with Gasteiger partial charge in [-0.3, -0.25) is 9.79 Å². The highest BCUT2D eigenvalue weighted by atomic mass is 35.5. The maximum absolute atomic E-state index is 11.3. The van der Waals surface area contributed by atoms with Gasteiger partial charge in [0.15, 0.2) is 5.78 Å². The van der Waals surface area contributed by atoms with Gasteiger partial charge < -0.3 is 0 Å². The Morgan fingerprint density at radius 1 is 1.17 bits per heavy atom. The van der Waals surface area contributed by atoms with Crippen molar-refractivity contribution in [2.45, 2.75) is 0 Å². The molecule has 18 heavy (non-hydrogen) atoms. The van der Waals surface area contributed by atoms with Crippen molar-refractivity contribution < 1.29 is 4.79 Å². The smallest absolute Gasteiger partial charge is 0.180 e. The van der Waals surface area contributed by atoms with Crippen LogP contribution in [0.3, 0.4) is 0 Å². The van der Waals surface area contributed by atoms with E-state index in [2.05, 4.69) is 9.98 Å². The molecule has 1 heterocycles. The number of fused-ring (bicyclic) bond motifs is 1. The topological polar surface area (TPSA) is 41.8 Å². The highest BCUT2D eigenvalue weighted by Gasteiger charge is 2.18. The third-order valence-electron chi connectivity index (χ3n) is 2.79. The molecule has 0 unspecified atom stereocenters. The lowest BCUT2D eigenvalue weighted by Gasteiger charge is -2.15. The van der Waals surface area contributed by atoms with Crippen molar-refractivity contribution >= 4 is 28.8 Å². The molecular formula is C14H9ClN2O. The zero-order chi connectivity index (χ0) is 12.5. The van der Waals surface area contributed by atoms with Crippen molar-refractivity contribution in [3.05, 3.63) is 58.8 Å². The first kappa shape index (κ1) is 11.1. The predicted molar refractivity (Wildman–Crippen MR) is 72.5 cm³/mol. The Labute approximate surface area is 109 Å². The first-order valence-electron chi connectivity index (χ1n) is 5.55. The van der Waals surface area contributed by atoms with Gasteiger partial charge in [0.05, 0.1) is 23.7 Å². The van der Waals surface area contributed by atoms with Crippen LogP contribution < -0.4 is 0 Å². The minimum Gasteiger partial charge on any atom is -0.290 e. The summed E-state index contributed by atoms with van der Waals surface area (Å²) in [5.41, 5.74) is 3.03. The molecule has 0 spiro atoms. The third kappa shape index (κ3) is 1.93. The summed E-state index contributed by atoms with van der Waals surface area (Å²) in [5.74, 6) is -0.0619. The number of hydrogen-bond acceptors (Lipinski definition) is 3. The van der Waals surface area contributed by atoms with E-state index in [0.29, 0.717) is 17.3 Å². The number of hydrogen-bond donors (Lipinski definition) is 0. The van der Waals surface area contributed by atoms with E-state index in [1.165, 1.54) is 12.2 Å². The monoisotopic (exact) mass is 256 g/mol. The zero-order valence-electron chi connectivity index (χ0n) is 9.43. The molecule has 0 saturated carbocycles. The summed E-state index contributed by atoms with van der Waals surface area (Å²) in [6.07, 6.45) is 4.69. The minimum atomic E-state index is -0.0619. The van der Waals surface area contributed by atoms with E-state index in [1.54, 1.807) is 6.08 Å². The number of benzene rings is 1. The van der Waals surface area contributed by atoms with Crippen LogP contribution in [-0.2, 0) is 4.79 Å². The number of carbonyl (C=O) groups is 1. The van der Waals surface area contributed by atoms with Crippen LogP contribution in [0.2, 0.25) is 5.02 Å². The highest BCUT2D eigenvalue weighted by molar-refractivity contribution is 6.35. The Hall–Kier alpha value is -2.00. The van der Waals surface area contributed by atoms with Gasteiger partial charge >= 0.3 is 0 Å². The fourth-order valence-electron chi connectivity index (χ4n) is 1.91. The number of rotatable bonds is 1. The summed E-state index contributed by atoms with van der Waals surface area (Å²) in [6.45, 7) is 0.481. The van der Waals surface area contributed by atoms with E-state index in [-0.39, 0.29) is 5.78 Å². The third-order valence-corrected chi connectivity index (χ3v) is 3.12. The van der Waals surface area contributed by atoms with Crippen LogP contribution in [0.1, 0.15) is 5.56 Å². The fraction of sp³-hybridized carbons (Fsp3) is 0.0714. The standard InChI is InChI=1S/C14H9ClN2O/c15-11-4-2-1-3-10(11)14-8-16-12-6-5-9(18)7-13(12)17-14/h1-7H,8H2. The number of carbonyl (C=O) groups excluding carboxylic acids is 1. The van der Waals surface area contributed by atoms with Gasteiger partial charge in [0.25, 0.3) is 0 Å². The molecule has 3 rings (SSSR count). The lowest BCUT2D eigenvalue weighted by Crippen LogP contribution is -2.18. The van der Waals surface area contributed by atoms with Crippen LogP contribution >= 0.6 is 11.6 Å². The maximum Gasteiger partial charge on any atom is 0.180 e. The second kappa shape index (κ2) is 4.35. The van der Waals surface area contributed by atoms with Gasteiger partial charge in [0, 0.05) is 16.7 Å². The Morgan fingerprint density at radius 3 is 2.83 bits per heavy atom. The summed E-state index contributed by atoms with van der Waals surface area (Å²) >= 11 is 6.13. The summed E-state index contributed by atoms with van der Waals surface area (Å²) < 4.78 is 0. The Balaban J connectivity index is 2.03. The van der Waals surface area contributed by atoms with Crippen molar-refractivity contribution in [1.82, 2.24) is 0 Å². The molecule has 1 aliphatic carbocycles. The molecule has 0 aromatic heterocycles. The summed E-state index contributed by atoms with van der Waals surface area (Å²) in [7, 11) is 0. The molecule has 0 bridgehead atoms. The van der Waals surface area contributed by atoms with Gasteiger partial charge in [-0.15, -0.1) is 0 Å². The Bertz CT molecular complexity index is 654. The van der Waals surface area contributed by atoms with Crippen LogP contribution in [0.4, 0.5) is 0 Å². The molecule has 1 aromatic rings. The molecule has 1 aromatic carbocycles. The Morgan fingerprint density at radius 2 is 2.00 bits per heavy atom. The molecule has 0 atom stereocenters. The van der Waals surface area contributed by atoms with Crippen molar-refractivity contribution in [2.75, 3.05) is 6.54 Å². The molecule has 4 heteroatoms. The fourth-order valence-corrected chi connectivity index (χ4v) is 2.15. The maximum atomic E-state index is 11.3. The second-order valence-electron chi connectivity index (χ2n) is 4.01. The number of halogens is 1. The van der Waals surface area contributed by atoms with E-state index in [9.17, 15) is 4.79 Å². The van der Waals surface area contributed by atoms with E-state index >= 15 is 0 Å². The van der Waals surface area contributed by atoms with E-state index < -0.39 is 0 Å². The highest BCUT2D eigenvalue weighted by Crippen LogP contribution is 2.21. The predicted octanol–water partition coefficient (Wildman–Crippen LogP) is 2.61. The molecule has 0 radical (unpaired) electrons. The van der Waals surface area contributed by atoms with Crippen molar-refractivity contribution in [1.29, 1.82) is 0 Å². The number of nitrogens with zero attached hydrogens (tertiary/aromatic N) is 2. The number of aliphatic imine (C=N–C) groups is 2. The number of allylic oxidation sites excluding steroid dienone is 3. The normalized spacial score (nSPS) is 17.8. The SMILES string of the molecule is O=C1C=CC2=NCC(c3ccccc3Cl)=NC2=C1. The zero-order valence-corrected chi connectivity index (χ0v) is 10.2. The van der Waals surface area contributed by atoms with Gasteiger partial charge in [0.2, 0.25) is 0 Å². The van der Waals surface area contributed by atoms with Gasteiger partial charge in [-0.25, -0.2) is 4.99 Å². The second-order valence-corrected chi connectivity index (χ2v) is 4.41. The van der Waals surface area contributed by atoms with Crippen LogP contribution in [-0.4, -0.2) is 23.8 Å². The molecule has 0 saturated heterocycles. The average Bonchev–Trinajstić information content (AvgIpc) is 2.38. The lowest BCUT2D eigenvalue weighted by molar-refractivity contribution is -0.110. The quantitative estimate of drug-likeness (QED) is 0.712. The molecule has 0 N–H and O–H groups in total. The molecular weight excluding hydrogens is 248 g/mol. The van der Waals surface area contributed by atoms with Crippen LogP contribution in [0, 0.1) is 0 Å². The van der Waals surface area contributed by atoms with Gasteiger partial charge in [-0.2, -0.15) is 0 Å². The molecule has 1 aliphatic heterocycles. The summed E-state index contributed by atoms with van der Waals surface area (Å²) in [5, 5.41) is 0.646. The van der Waals surface area contributed by atoms with Crippen molar-refractivity contribution in [3.8, 4) is 0 Å². The summed E-state index contributed by atoms with van der Waals surface area (Å²) in [4.78, 5) is 20.2. The molecule has 0 amide bonds. The first-order valence-corrected chi connectivity index (χ1v) is 5.93. The van der Waals surface area contributed by atoms with Gasteiger partial charge in [-0.05, 0) is 18.2 Å². The van der Waals surface area contributed by atoms with Gasteiger partial charge in [-0.1, -0.05) is 29.8 Å². The van der Waals surface area contributed by atoms with E-state index in [1.807, 2.05) is 24.3 Å². The first-order chi connectivity index (χ1) is 8.74. The summed E-state index contributed by atoms with van der Waals surface area (Å²) in [6, 6.07) is 7.50. The lowest BCUT2D eigenvalue weighted by atomic mass is 10.0. The largest absolute Gasteiger partial charge is 0.290 e. The van der Waals surface area contributed by atoms with Crippen molar-refractivity contribution in [3.63, 3.8) is 0 Å². The minimum absolute atomic E-state index is 0.0619. The van der Waals surface area contributed by atoms with E-state index in [4.69, 9.17) is 11.6 Å². The van der Waals surface area contributed by atoms with E-state index in [0.717, 1.165) is 17.0 Å². The molecule has 2 aliphatic rings. The van der Waals surface area contributed by atoms with Crippen molar-refractivity contribution in [2.24, 2.45) is 9.98 Å². The van der Waals surface area contributed by atoms with Crippen LogP contribution in [0.25, 0.3) is 0 Å². The average molecular weight is 257 g/mol. The number of ketones is 1. The van der Waals surface area contributed by atoms with Crippen LogP contribution in [0.15, 0.2) is 58.2 Å². The molecule has 88 valence electrons. The van der Waals surface area contributed by atoms with Crippen LogP contribution in [0.5, 0.6) is 0 Å².